The molecule has 0 spiro atoms. The summed E-state index contributed by atoms with van der Waals surface area (Å²) < 4.78 is 7.45. The van der Waals surface area contributed by atoms with Crippen LogP contribution < -0.4 is 0 Å². The molecule has 0 radical (unpaired) electrons. The minimum absolute atomic E-state index is 0.266. The lowest BCUT2D eigenvalue weighted by Crippen LogP contribution is -2.40. The molecule has 0 amide bonds. The third kappa shape index (κ3) is 4.43. The Morgan fingerprint density at radius 3 is 2.21 bits per heavy atom. The Balaban J connectivity index is 2.77. The van der Waals surface area contributed by atoms with Crippen molar-refractivity contribution in [3.63, 3.8) is 0 Å². The van der Waals surface area contributed by atoms with Gasteiger partial charge in [-0.05, 0) is 41.2 Å². The van der Waals surface area contributed by atoms with Crippen LogP contribution in [0, 0.1) is 0 Å². The second-order valence-corrected chi connectivity index (χ2v) is 12.7. The SMILES string of the molecule is CC(C)c1ccc(CO[Si](C)(C)C(C)(C)C)cc1Br. The molecular formula is C16H27BrOSi. The van der Waals surface area contributed by atoms with Gasteiger partial charge in [-0.25, -0.2) is 0 Å². The monoisotopic (exact) mass is 342 g/mol. The number of benzene rings is 1. The molecule has 0 aliphatic rings. The maximum atomic E-state index is 6.25. The fraction of sp³-hybridized carbons (Fsp3) is 0.625. The second-order valence-electron chi connectivity index (χ2n) is 7.06. The highest BCUT2D eigenvalue weighted by Crippen LogP contribution is 2.37. The average molecular weight is 343 g/mol. The van der Waals surface area contributed by atoms with Gasteiger partial charge >= 0.3 is 0 Å². The summed E-state index contributed by atoms with van der Waals surface area (Å²) in [7, 11) is -1.66. The molecule has 0 fully saturated rings. The van der Waals surface area contributed by atoms with Crippen LogP contribution in [0.5, 0.6) is 0 Å². The first-order valence-corrected chi connectivity index (χ1v) is 10.7. The Hall–Kier alpha value is -0.123. The molecule has 3 heteroatoms. The summed E-state index contributed by atoms with van der Waals surface area (Å²) in [6, 6.07) is 6.59. The van der Waals surface area contributed by atoms with E-state index in [-0.39, 0.29) is 5.04 Å². The van der Waals surface area contributed by atoms with Crippen molar-refractivity contribution < 1.29 is 4.43 Å². The molecule has 0 aliphatic heterocycles. The summed E-state index contributed by atoms with van der Waals surface area (Å²) >= 11 is 3.66. The lowest BCUT2D eigenvalue weighted by Gasteiger charge is -2.36. The van der Waals surface area contributed by atoms with Crippen molar-refractivity contribution in [2.24, 2.45) is 0 Å². The molecule has 108 valence electrons. The van der Waals surface area contributed by atoms with Crippen molar-refractivity contribution in [3.05, 3.63) is 33.8 Å². The Morgan fingerprint density at radius 1 is 1.21 bits per heavy atom. The smallest absolute Gasteiger partial charge is 0.192 e. The maximum Gasteiger partial charge on any atom is 0.192 e. The van der Waals surface area contributed by atoms with Gasteiger partial charge in [-0.1, -0.05) is 62.7 Å². The van der Waals surface area contributed by atoms with Crippen LogP contribution in [0.25, 0.3) is 0 Å². The van der Waals surface area contributed by atoms with Crippen LogP contribution in [0.2, 0.25) is 18.1 Å². The molecule has 1 aromatic rings. The van der Waals surface area contributed by atoms with E-state index in [9.17, 15) is 0 Å². The standard InChI is InChI=1S/C16H27BrOSi/c1-12(2)14-9-8-13(10-15(14)17)11-18-19(6,7)16(3,4)5/h8-10,12H,11H2,1-7H3. The van der Waals surface area contributed by atoms with Gasteiger partial charge in [0.1, 0.15) is 0 Å². The molecule has 1 aromatic carbocycles. The summed E-state index contributed by atoms with van der Waals surface area (Å²) in [5.74, 6) is 0.546. The van der Waals surface area contributed by atoms with Gasteiger partial charge in [0.2, 0.25) is 0 Å². The van der Waals surface area contributed by atoms with Crippen LogP contribution in [0.4, 0.5) is 0 Å². The fourth-order valence-corrected chi connectivity index (χ4v) is 3.45. The van der Waals surface area contributed by atoms with E-state index in [0.717, 1.165) is 0 Å². The quantitative estimate of drug-likeness (QED) is 0.601. The van der Waals surface area contributed by atoms with Gasteiger partial charge in [-0.3, -0.25) is 0 Å². The van der Waals surface area contributed by atoms with E-state index >= 15 is 0 Å². The zero-order valence-corrected chi connectivity index (χ0v) is 15.9. The molecule has 0 saturated heterocycles. The predicted molar refractivity (Wildman–Crippen MR) is 90.2 cm³/mol. The number of rotatable bonds is 4. The topological polar surface area (TPSA) is 9.23 Å². The Morgan fingerprint density at radius 2 is 1.79 bits per heavy atom. The van der Waals surface area contributed by atoms with E-state index in [2.05, 4.69) is 81.8 Å². The van der Waals surface area contributed by atoms with Crippen LogP contribution in [0.3, 0.4) is 0 Å². The maximum absolute atomic E-state index is 6.25. The highest BCUT2D eigenvalue weighted by molar-refractivity contribution is 9.10. The van der Waals surface area contributed by atoms with E-state index < -0.39 is 8.32 Å². The number of halogens is 1. The molecule has 0 heterocycles. The van der Waals surface area contributed by atoms with E-state index in [4.69, 9.17) is 4.43 Å². The summed E-state index contributed by atoms with van der Waals surface area (Å²) in [6.45, 7) is 16.6. The molecule has 0 aliphatic carbocycles. The predicted octanol–water partition coefficient (Wildman–Crippen LogP) is 6.09. The van der Waals surface area contributed by atoms with Gasteiger partial charge in [-0.15, -0.1) is 0 Å². The van der Waals surface area contributed by atoms with Crippen LogP contribution in [-0.4, -0.2) is 8.32 Å². The average Bonchev–Trinajstić information content (AvgIpc) is 2.24. The van der Waals surface area contributed by atoms with Gasteiger partial charge < -0.3 is 4.43 Å². The molecule has 0 atom stereocenters. The van der Waals surface area contributed by atoms with Crippen molar-refractivity contribution in [1.29, 1.82) is 0 Å². The fourth-order valence-electron chi connectivity index (χ4n) is 1.61. The van der Waals surface area contributed by atoms with Gasteiger partial charge in [-0.2, -0.15) is 0 Å². The zero-order valence-electron chi connectivity index (χ0n) is 13.3. The van der Waals surface area contributed by atoms with E-state index in [1.165, 1.54) is 15.6 Å². The van der Waals surface area contributed by atoms with Crippen molar-refractivity contribution in [1.82, 2.24) is 0 Å². The van der Waals surface area contributed by atoms with Crippen molar-refractivity contribution >= 4 is 24.2 Å². The first kappa shape index (κ1) is 16.9. The van der Waals surface area contributed by atoms with Crippen molar-refractivity contribution in [2.45, 2.75) is 65.3 Å². The Labute approximate surface area is 128 Å². The molecule has 1 rings (SSSR count). The minimum atomic E-state index is -1.66. The molecule has 1 nitrogen and oxygen atoms in total. The van der Waals surface area contributed by atoms with E-state index in [1.54, 1.807) is 0 Å². The van der Waals surface area contributed by atoms with Gasteiger partial charge in [0, 0.05) is 4.47 Å². The lowest BCUT2D eigenvalue weighted by atomic mass is 10.0. The Kier molecular flexibility index (Phi) is 5.44. The summed E-state index contributed by atoms with van der Waals surface area (Å²) in [4.78, 5) is 0. The molecule has 0 unspecified atom stereocenters. The summed E-state index contributed by atoms with van der Waals surface area (Å²) in [5, 5.41) is 0.266. The van der Waals surface area contributed by atoms with Crippen molar-refractivity contribution in [3.8, 4) is 0 Å². The van der Waals surface area contributed by atoms with Crippen LogP contribution in [0.15, 0.2) is 22.7 Å². The molecule has 0 saturated carbocycles. The number of hydrogen-bond donors (Lipinski definition) is 0. The first-order chi connectivity index (χ1) is 8.54. The zero-order chi connectivity index (χ0) is 14.8. The lowest BCUT2D eigenvalue weighted by molar-refractivity contribution is 0.276. The van der Waals surface area contributed by atoms with Crippen LogP contribution in [0.1, 0.15) is 51.7 Å². The third-order valence-electron chi connectivity index (χ3n) is 4.09. The largest absolute Gasteiger partial charge is 0.413 e. The molecule has 19 heavy (non-hydrogen) atoms. The van der Waals surface area contributed by atoms with Crippen molar-refractivity contribution in [2.75, 3.05) is 0 Å². The summed E-state index contributed by atoms with van der Waals surface area (Å²) in [6.07, 6.45) is 0. The molecule has 0 aromatic heterocycles. The highest BCUT2D eigenvalue weighted by Gasteiger charge is 2.36. The molecule has 0 N–H and O–H groups in total. The molecule has 0 bridgehead atoms. The van der Waals surface area contributed by atoms with Gasteiger partial charge in [0.05, 0.1) is 6.61 Å². The van der Waals surface area contributed by atoms with Crippen LogP contribution in [-0.2, 0) is 11.0 Å². The van der Waals surface area contributed by atoms with Gasteiger partial charge in [0.15, 0.2) is 8.32 Å². The number of hydrogen-bond acceptors (Lipinski definition) is 1. The first-order valence-electron chi connectivity index (χ1n) is 6.97. The Bertz CT molecular complexity index is 433. The third-order valence-corrected chi connectivity index (χ3v) is 9.26. The highest BCUT2D eigenvalue weighted by atomic mass is 79.9. The molecular weight excluding hydrogens is 316 g/mol. The second kappa shape index (κ2) is 6.11. The normalized spacial score (nSPS) is 13.1. The van der Waals surface area contributed by atoms with E-state index in [0.29, 0.717) is 12.5 Å². The van der Waals surface area contributed by atoms with Gasteiger partial charge in [0.25, 0.3) is 0 Å². The minimum Gasteiger partial charge on any atom is -0.413 e. The van der Waals surface area contributed by atoms with E-state index in [1.807, 2.05) is 0 Å². The van der Waals surface area contributed by atoms with Crippen LogP contribution >= 0.6 is 15.9 Å². The summed E-state index contributed by atoms with van der Waals surface area (Å²) in [5.41, 5.74) is 2.61.